The molecule has 1 atom stereocenters. The lowest BCUT2D eigenvalue weighted by Crippen LogP contribution is -2.26. The molecule has 1 rings (SSSR count). The van der Waals surface area contributed by atoms with E-state index in [-0.39, 0.29) is 22.4 Å². The van der Waals surface area contributed by atoms with Gasteiger partial charge in [-0.15, -0.1) is 11.3 Å². The van der Waals surface area contributed by atoms with Gasteiger partial charge in [0, 0.05) is 12.3 Å². The summed E-state index contributed by atoms with van der Waals surface area (Å²) in [4.78, 5) is 26.4. The summed E-state index contributed by atoms with van der Waals surface area (Å²) in [5, 5.41) is 4.76. The van der Waals surface area contributed by atoms with Gasteiger partial charge in [0.25, 0.3) is 0 Å². The average Bonchev–Trinajstić information content (AvgIpc) is 2.64. The van der Waals surface area contributed by atoms with Crippen molar-refractivity contribution >= 4 is 44.1 Å². The van der Waals surface area contributed by atoms with Crippen molar-refractivity contribution in [3.05, 3.63) is 11.1 Å². The number of hydrogen-bond acceptors (Lipinski definition) is 4. The molecule has 0 fully saturated rings. The van der Waals surface area contributed by atoms with Crippen LogP contribution in [0.25, 0.3) is 0 Å². The predicted octanol–water partition coefficient (Wildman–Crippen LogP) is 2.70. The number of anilines is 1. The Hall–Kier alpha value is -0.750. The Labute approximate surface area is 107 Å². The zero-order valence-corrected chi connectivity index (χ0v) is 11.7. The zero-order valence-electron chi connectivity index (χ0n) is 9.28. The molecule has 4 nitrogen and oxygen atoms in total. The van der Waals surface area contributed by atoms with Crippen molar-refractivity contribution in [2.24, 2.45) is 5.92 Å². The van der Waals surface area contributed by atoms with Crippen LogP contribution in [0.3, 0.4) is 0 Å². The molecule has 0 aliphatic carbocycles. The molecule has 1 heterocycles. The summed E-state index contributed by atoms with van der Waals surface area (Å²) in [6.07, 6.45) is 0. The lowest BCUT2D eigenvalue weighted by molar-refractivity contribution is -0.116. The third kappa shape index (κ3) is 3.38. The highest BCUT2D eigenvalue weighted by Gasteiger charge is 2.19. The van der Waals surface area contributed by atoms with Crippen molar-refractivity contribution in [3.8, 4) is 0 Å². The number of thiazole rings is 1. The highest BCUT2D eigenvalue weighted by atomic mass is 79.9. The molecule has 0 spiro atoms. The fourth-order valence-electron chi connectivity index (χ4n) is 0.970. The van der Waals surface area contributed by atoms with Crippen LogP contribution < -0.4 is 5.32 Å². The van der Waals surface area contributed by atoms with Gasteiger partial charge in [-0.2, -0.15) is 0 Å². The summed E-state index contributed by atoms with van der Waals surface area (Å²) in [5.41, 5.74) is 0.385. The first-order valence-electron chi connectivity index (χ1n) is 4.83. The molecular formula is C10H13BrN2O2S. The first-order valence-corrected chi connectivity index (χ1v) is 6.62. The summed E-state index contributed by atoms with van der Waals surface area (Å²) in [5.74, 6) is -0.0392. The van der Waals surface area contributed by atoms with E-state index in [1.165, 1.54) is 18.3 Å². The normalized spacial score (nSPS) is 12.6. The van der Waals surface area contributed by atoms with Gasteiger partial charge in [-0.1, -0.05) is 29.8 Å². The van der Waals surface area contributed by atoms with E-state index in [1.54, 1.807) is 5.38 Å². The topological polar surface area (TPSA) is 59.1 Å². The minimum Gasteiger partial charge on any atom is -0.301 e. The van der Waals surface area contributed by atoms with Crippen LogP contribution in [-0.2, 0) is 4.79 Å². The van der Waals surface area contributed by atoms with Gasteiger partial charge in [0.2, 0.25) is 5.91 Å². The van der Waals surface area contributed by atoms with Crippen molar-refractivity contribution in [1.82, 2.24) is 4.98 Å². The van der Waals surface area contributed by atoms with E-state index >= 15 is 0 Å². The molecule has 6 heteroatoms. The van der Waals surface area contributed by atoms with E-state index in [4.69, 9.17) is 0 Å². The van der Waals surface area contributed by atoms with Crippen LogP contribution in [0.2, 0.25) is 0 Å². The lowest BCUT2D eigenvalue weighted by atomic mass is 10.1. The van der Waals surface area contributed by atoms with Crippen LogP contribution in [0.1, 0.15) is 31.3 Å². The molecule has 1 amide bonds. The number of hydrogen-bond donors (Lipinski definition) is 1. The molecule has 0 bridgehead atoms. The molecule has 0 saturated heterocycles. The van der Waals surface area contributed by atoms with E-state index in [9.17, 15) is 9.59 Å². The number of halogens is 1. The molecule has 0 aliphatic heterocycles. The number of ketones is 1. The van der Waals surface area contributed by atoms with Gasteiger partial charge in [0.15, 0.2) is 10.9 Å². The van der Waals surface area contributed by atoms with Crippen LogP contribution in [-0.4, -0.2) is 21.5 Å². The first kappa shape index (κ1) is 13.3. The molecule has 1 N–H and O–H groups in total. The molecule has 88 valence electrons. The van der Waals surface area contributed by atoms with Gasteiger partial charge in [0.1, 0.15) is 5.69 Å². The van der Waals surface area contributed by atoms with Crippen LogP contribution >= 0.6 is 27.3 Å². The van der Waals surface area contributed by atoms with Gasteiger partial charge in [-0.25, -0.2) is 4.98 Å². The van der Waals surface area contributed by atoms with Gasteiger partial charge in [0.05, 0.1) is 4.83 Å². The van der Waals surface area contributed by atoms with Gasteiger partial charge >= 0.3 is 0 Å². The second-order valence-corrected chi connectivity index (χ2v) is 5.57. The lowest BCUT2D eigenvalue weighted by Gasteiger charge is -2.11. The number of Topliss-reactive ketones (excluding diaryl/α,β-unsaturated/α-hetero) is 1. The smallest absolute Gasteiger partial charge is 0.240 e. The SMILES string of the molecule is CC(=O)c1csc(NC(=O)C(Br)C(C)C)n1. The Kier molecular flexibility index (Phi) is 4.61. The molecule has 16 heavy (non-hydrogen) atoms. The number of rotatable bonds is 4. The van der Waals surface area contributed by atoms with Crippen molar-refractivity contribution in [1.29, 1.82) is 0 Å². The monoisotopic (exact) mass is 304 g/mol. The summed E-state index contributed by atoms with van der Waals surface area (Å²) in [7, 11) is 0. The van der Waals surface area contributed by atoms with E-state index in [2.05, 4.69) is 26.2 Å². The van der Waals surface area contributed by atoms with Crippen LogP contribution in [0.15, 0.2) is 5.38 Å². The first-order chi connectivity index (χ1) is 7.41. The summed E-state index contributed by atoms with van der Waals surface area (Å²) in [6.45, 7) is 5.34. The summed E-state index contributed by atoms with van der Waals surface area (Å²) >= 11 is 4.55. The molecule has 0 radical (unpaired) electrons. The average molecular weight is 305 g/mol. The minimum absolute atomic E-state index is 0.101. The fourth-order valence-corrected chi connectivity index (χ4v) is 1.84. The second kappa shape index (κ2) is 5.54. The molecule has 1 unspecified atom stereocenters. The van der Waals surface area contributed by atoms with E-state index < -0.39 is 0 Å². The third-order valence-corrected chi connectivity index (χ3v) is 4.16. The number of amides is 1. The highest BCUT2D eigenvalue weighted by molar-refractivity contribution is 9.10. The number of nitrogens with one attached hydrogen (secondary N) is 1. The minimum atomic E-state index is -0.253. The molecule has 1 aromatic heterocycles. The van der Waals surface area contributed by atoms with Gasteiger partial charge < -0.3 is 5.32 Å². The number of aromatic nitrogens is 1. The number of nitrogens with zero attached hydrogens (tertiary/aromatic N) is 1. The van der Waals surface area contributed by atoms with E-state index in [1.807, 2.05) is 13.8 Å². The van der Waals surface area contributed by atoms with Crippen LogP contribution in [0.5, 0.6) is 0 Å². The maximum absolute atomic E-state index is 11.7. The van der Waals surface area contributed by atoms with Crippen molar-refractivity contribution in [2.75, 3.05) is 5.32 Å². The maximum Gasteiger partial charge on any atom is 0.240 e. The summed E-state index contributed by atoms with van der Waals surface area (Å²) in [6, 6.07) is 0. The Morgan fingerprint density at radius 3 is 2.56 bits per heavy atom. The van der Waals surface area contributed by atoms with E-state index in [0.29, 0.717) is 10.8 Å². The molecule has 0 aliphatic rings. The Balaban J connectivity index is 2.66. The largest absolute Gasteiger partial charge is 0.301 e. The molecule has 0 aromatic carbocycles. The maximum atomic E-state index is 11.7. The number of carbonyl (C=O) groups excluding carboxylic acids is 2. The van der Waals surface area contributed by atoms with Crippen LogP contribution in [0.4, 0.5) is 5.13 Å². The van der Waals surface area contributed by atoms with Crippen molar-refractivity contribution < 1.29 is 9.59 Å². The Morgan fingerprint density at radius 2 is 2.12 bits per heavy atom. The van der Waals surface area contributed by atoms with Crippen molar-refractivity contribution in [2.45, 2.75) is 25.6 Å². The third-order valence-electron chi connectivity index (χ3n) is 1.93. The van der Waals surface area contributed by atoms with E-state index in [0.717, 1.165) is 0 Å². The molecular weight excluding hydrogens is 292 g/mol. The van der Waals surface area contributed by atoms with Gasteiger partial charge in [-0.05, 0) is 5.92 Å². The second-order valence-electron chi connectivity index (χ2n) is 3.73. The Morgan fingerprint density at radius 1 is 1.50 bits per heavy atom. The van der Waals surface area contributed by atoms with Crippen molar-refractivity contribution in [3.63, 3.8) is 0 Å². The quantitative estimate of drug-likeness (QED) is 0.687. The zero-order chi connectivity index (χ0) is 12.3. The number of carbonyl (C=O) groups is 2. The summed E-state index contributed by atoms with van der Waals surface area (Å²) < 4.78 is 0. The number of alkyl halides is 1. The molecule has 1 aromatic rings. The van der Waals surface area contributed by atoms with Crippen LogP contribution in [0, 0.1) is 5.92 Å². The standard InChI is InChI=1S/C10H13BrN2O2S/c1-5(2)8(11)9(15)13-10-12-7(4-16-10)6(3)14/h4-5,8H,1-3H3,(H,12,13,15). The Bertz CT molecular complexity index is 403. The highest BCUT2D eigenvalue weighted by Crippen LogP contribution is 2.19. The van der Waals surface area contributed by atoms with Gasteiger partial charge in [-0.3, -0.25) is 9.59 Å². The fraction of sp³-hybridized carbons (Fsp3) is 0.500. The molecule has 0 saturated carbocycles. The predicted molar refractivity (Wildman–Crippen MR) is 68.3 cm³/mol.